The van der Waals surface area contributed by atoms with E-state index in [1.54, 1.807) is 0 Å². The van der Waals surface area contributed by atoms with Crippen molar-refractivity contribution in [2.24, 2.45) is 5.92 Å². The molecule has 96 valence electrons. The van der Waals surface area contributed by atoms with Crippen molar-refractivity contribution in [1.29, 1.82) is 0 Å². The number of carbonyl (C=O) groups is 1. The van der Waals surface area contributed by atoms with Crippen molar-refractivity contribution in [3.05, 3.63) is 0 Å². The summed E-state index contributed by atoms with van der Waals surface area (Å²) < 4.78 is 5.66. The molecule has 3 fully saturated rings. The van der Waals surface area contributed by atoms with Gasteiger partial charge in [-0.3, -0.25) is 10.1 Å². The van der Waals surface area contributed by atoms with Crippen molar-refractivity contribution < 1.29 is 9.53 Å². The molecule has 0 aromatic rings. The van der Waals surface area contributed by atoms with Gasteiger partial charge in [0.1, 0.15) is 0 Å². The van der Waals surface area contributed by atoms with Crippen LogP contribution in [0.1, 0.15) is 39.5 Å². The summed E-state index contributed by atoms with van der Waals surface area (Å²) in [6.45, 7) is 5.98. The van der Waals surface area contributed by atoms with E-state index in [1.807, 2.05) is 4.90 Å². The molecule has 2 aliphatic heterocycles. The molecule has 1 aliphatic carbocycles. The fourth-order valence-corrected chi connectivity index (χ4v) is 3.04. The van der Waals surface area contributed by atoms with Gasteiger partial charge in [-0.25, -0.2) is 0 Å². The molecule has 17 heavy (non-hydrogen) atoms. The van der Waals surface area contributed by atoms with E-state index in [0.717, 1.165) is 38.8 Å². The van der Waals surface area contributed by atoms with Gasteiger partial charge in [0.25, 0.3) is 0 Å². The summed E-state index contributed by atoms with van der Waals surface area (Å²) >= 11 is 0. The van der Waals surface area contributed by atoms with Crippen LogP contribution in [0.5, 0.6) is 0 Å². The van der Waals surface area contributed by atoms with Crippen LogP contribution in [0, 0.1) is 5.92 Å². The Bertz CT molecular complexity index is 319. The van der Waals surface area contributed by atoms with E-state index in [0.29, 0.717) is 11.8 Å². The largest absolute Gasteiger partial charge is 0.376 e. The van der Waals surface area contributed by atoms with Gasteiger partial charge in [0.05, 0.1) is 17.8 Å². The lowest BCUT2D eigenvalue weighted by molar-refractivity contribution is -0.132. The second kappa shape index (κ2) is 3.95. The highest BCUT2D eigenvalue weighted by Gasteiger charge is 2.59. The molecule has 1 saturated carbocycles. The van der Waals surface area contributed by atoms with Crippen LogP contribution < -0.4 is 5.32 Å². The molecule has 1 N–H and O–H groups in total. The van der Waals surface area contributed by atoms with Crippen LogP contribution in [0.3, 0.4) is 0 Å². The van der Waals surface area contributed by atoms with Crippen molar-refractivity contribution >= 4 is 5.91 Å². The zero-order valence-corrected chi connectivity index (χ0v) is 10.7. The smallest absolute Gasteiger partial charge is 0.244 e. The predicted octanol–water partition coefficient (Wildman–Crippen LogP) is 1.11. The Morgan fingerprint density at radius 3 is 2.82 bits per heavy atom. The van der Waals surface area contributed by atoms with Gasteiger partial charge < -0.3 is 9.64 Å². The van der Waals surface area contributed by atoms with Gasteiger partial charge in [-0.05, 0) is 31.6 Å². The number of carbonyl (C=O) groups excluding carboxylic acids is 1. The van der Waals surface area contributed by atoms with E-state index < -0.39 is 0 Å². The molecule has 0 radical (unpaired) electrons. The fourth-order valence-electron chi connectivity index (χ4n) is 3.04. The van der Waals surface area contributed by atoms with Gasteiger partial charge in [0, 0.05) is 13.2 Å². The lowest BCUT2D eigenvalue weighted by Gasteiger charge is -2.29. The number of ether oxygens (including phenoxy) is 1. The van der Waals surface area contributed by atoms with Gasteiger partial charge in [0.15, 0.2) is 0 Å². The van der Waals surface area contributed by atoms with Crippen LogP contribution in [0.15, 0.2) is 0 Å². The number of nitrogens with zero attached hydrogens (tertiary/aromatic N) is 1. The molecular formula is C13H22N2O2. The first kappa shape index (κ1) is 11.5. The summed E-state index contributed by atoms with van der Waals surface area (Å²) in [5, 5.41) is 3.54. The van der Waals surface area contributed by atoms with Gasteiger partial charge in [-0.15, -0.1) is 0 Å². The Labute approximate surface area is 103 Å². The number of amides is 1. The predicted molar refractivity (Wildman–Crippen MR) is 64.4 cm³/mol. The standard InChI is InChI=1S/C13H22N2O2/c1-9(2)11-14-13(5-6-13)12(16)15(11)8-10-4-3-7-17-10/h9-11,14H,3-8H2,1-2H3. The van der Waals surface area contributed by atoms with Gasteiger partial charge in [-0.1, -0.05) is 13.8 Å². The first-order valence-electron chi connectivity index (χ1n) is 6.83. The Balaban J connectivity index is 1.72. The topological polar surface area (TPSA) is 41.6 Å². The molecule has 2 atom stereocenters. The van der Waals surface area contributed by atoms with E-state index in [2.05, 4.69) is 19.2 Å². The average Bonchev–Trinajstić information content (AvgIpc) is 2.79. The minimum Gasteiger partial charge on any atom is -0.376 e. The van der Waals surface area contributed by atoms with Crippen LogP contribution in [0.2, 0.25) is 0 Å². The summed E-state index contributed by atoms with van der Waals surface area (Å²) in [7, 11) is 0. The monoisotopic (exact) mass is 238 g/mol. The van der Waals surface area contributed by atoms with Crippen molar-refractivity contribution in [3.63, 3.8) is 0 Å². The van der Waals surface area contributed by atoms with E-state index in [1.165, 1.54) is 0 Å². The fraction of sp³-hybridized carbons (Fsp3) is 0.923. The highest BCUT2D eigenvalue weighted by atomic mass is 16.5. The quantitative estimate of drug-likeness (QED) is 0.801. The minimum atomic E-state index is -0.187. The summed E-state index contributed by atoms with van der Waals surface area (Å²) in [6, 6.07) is 0. The Hall–Kier alpha value is -0.610. The number of nitrogens with one attached hydrogen (secondary N) is 1. The number of hydrogen-bond donors (Lipinski definition) is 1. The highest BCUT2D eigenvalue weighted by molar-refractivity contribution is 5.91. The van der Waals surface area contributed by atoms with Crippen molar-refractivity contribution in [1.82, 2.24) is 10.2 Å². The van der Waals surface area contributed by atoms with E-state index in [-0.39, 0.29) is 17.8 Å². The van der Waals surface area contributed by atoms with Crippen LogP contribution in [0.4, 0.5) is 0 Å². The Morgan fingerprint density at radius 1 is 1.53 bits per heavy atom. The third-order valence-corrected chi connectivity index (χ3v) is 4.24. The molecule has 0 aromatic carbocycles. The van der Waals surface area contributed by atoms with E-state index in [9.17, 15) is 4.79 Å². The molecule has 3 aliphatic rings. The number of hydrogen-bond acceptors (Lipinski definition) is 3. The lowest BCUT2D eigenvalue weighted by atomic mass is 10.1. The van der Waals surface area contributed by atoms with Crippen molar-refractivity contribution in [2.45, 2.75) is 57.3 Å². The molecule has 3 rings (SSSR count). The Kier molecular flexibility index (Phi) is 2.67. The van der Waals surface area contributed by atoms with Crippen molar-refractivity contribution in [3.8, 4) is 0 Å². The molecular weight excluding hydrogens is 216 g/mol. The maximum absolute atomic E-state index is 12.4. The van der Waals surface area contributed by atoms with E-state index >= 15 is 0 Å². The Morgan fingerprint density at radius 2 is 2.29 bits per heavy atom. The summed E-state index contributed by atoms with van der Waals surface area (Å²) in [5.74, 6) is 0.770. The third-order valence-electron chi connectivity index (χ3n) is 4.24. The maximum atomic E-state index is 12.4. The van der Waals surface area contributed by atoms with Crippen LogP contribution in [0.25, 0.3) is 0 Å². The molecule has 4 heteroatoms. The molecule has 2 unspecified atom stereocenters. The lowest BCUT2D eigenvalue weighted by Crippen LogP contribution is -2.44. The minimum absolute atomic E-state index is 0.187. The van der Waals surface area contributed by atoms with Gasteiger partial charge >= 0.3 is 0 Å². The number of rotatable bonds is 3. The van der Waals surface area contributed by atoms with Crippen LogP contribution >= 0.6 is 0 Å². The first-order chi connectivity index (χ1) is 8.12. The molecule has 4 nitrogen and oxygen atoms in total. The zero-order chi connectivity index (χ0) is 12.0. The summed E-state index contributed by atoms with van der Waals surface area (Å²) in [4.78, 5) is 14.4. The molecule has 2 saturated heterocycles. The molecule has 2 heterocycles. The second-order valence-electron chi connectivity index (χ2n) is 6.01. The van der Waals surface area contributed by atoms with Crippen LogP contribution in [-0.4, -0.2) is 41.8 Å². The summed E-state index contributed by atoms with van der Waals surface area (Å²) in [5.41, 5.74) is -0.187. The normalized spacial score (nSPS) is 35.2. The molecule has 0 bridgehead atoms. The van der Waals surface area contributed by atoms with Gasteiger partial charge in [0.2, 0.25) is 5.91 Å². The van der Waals surface area contributed by atoms with E-state index in [4.69, 9.17) is 4.74 Å². The molecule has 1 amide bonds. The zero-order valence-electron chi connectivity index (χ0n) is 10.7. The average molecular weight is 238 g/mol. The van der Waals surface area contributed by atoms with Crippen LogP contribution in [-0.2, 0) is 9.53 Å². The highest BCUT2D eigenvalue weighted by Crippen LogP contribution is 2.43. The van der Waals surface area contributed by atoms with Crippen molar-refractivity contribution in [2.75, 3.05) is 13.2 Å². The third kappa shape index (κ3) is 1.87. The second-order valence-corrected chi connectivity index (χ2v) is 6.01. The molecule has 0 aromatic heterocycles. The maximum Gasteiger partial charge on any atom is 0.244 e. The molecule has 1 spiro atoms. The summed E-state index contributed by atoms with van der Waals surface area (Å²) in [6.07, 6.45) is 4.72. The SMILES string of the molecule is CC(C)C1NC2(CC2)C(=O)N1CC1CCCO1. The first-order valence-corrected chi connectivity index (χ1v) is 6.83. The van der Waals surface area contributed by atoms with Gasteiger partial charge in [-0.2, -0.15) is 0 Å².